The molecule has 3 N–H and O–H groups in total. The van der Waals surface area contributed by atoms with Gasteiger partial charge in [-0.2, -0.15) is 13.7 Å². The first-order valence-corrected chi connectivity index (χ1v) is 14.5. The van der Waals surface area contributed by atoms with Gasteiger partial charge in [-0.05, 0) is 31.9 Å². The molecule has 192 valence electrons. The van der Waals surface area contributed by atoms with E-state index < -0.39 is 24.9 Å². The lowest BCUT2D eigenvalue weighted by Crippen LogP contribution is -2.24. The van der Waals surface area contributed by atoms with Gasteiger partial charge in [0, 0.05) is 23.6 Å². The summed E-state index contributed by atoms with van der Waals surface area (Å²) >= 11 is 0. The summed E-state index contributed by atoms with van der Waals surface area (Å²) in [5, 5.41) is 25.2. The summed E-state index contributed by atoms with van der Waals surface area (Å²) in [5.41, 5.74) is 0.708. The lowest BCUT2D eigenvalue weighted by molar-refractivity contribution is 0.462. The smallest absolute Gasteiger partial charge is 0.296 e. The molecule has 0 saturated heterocycles. The third kappa shape index (κ3) is 6.87. The molecule has 1 saturated carbocycles. The quantitative estimate of drug-likeness (QED) is 0.291. The molecule has 0 bridgehead atoms. The standard InChI is InChI=1S/C23H28N6O5S2/c1-3-35(30,31)14-13-25-23-21(29-28-19-11-7-8-12-20(19)36(32,33)34)16(2)18(15-24)22(27-23)26-17-9-5-4-6-10-17/h3,7-8,11-12,17H,1,4-6,9-10,13-14H2,2H3,(H2,25,26,27)(H,32,33,34). The van der Waals surface area contributed by atoms with Crippen molar-refractivity contribution < 1.29 is 21.4 Å². The highest BCUT2D eigenvalue weighted by Gasteiger charge is 2.22. The van der Waals surface area contributed by atoms with Crippen molar-refractivity contribution in [3.05, 3.63) is 47.4 Å². The summed E-state index contributed by atoms with van der Waals surface area (Å²) in [6.07, 6.45) is 5.19. The first-order valence-electron chi connectivity index (χ1n) is 11.3. The Bertz CT molecular complexity index is 1410. The van der Waals surface area contributed by atoms with Gasteiger partial charge in [0.15, 0.2) is 15.7 Å². The van der Waals surface area contributed by atoms with E-state index in [0.717, 1.165) is 37.5 Å². The van der Waals surface area contributed by atoms with Crippen LogP contribution in [0.4, 0.5) is 23.0 Å². The third-order valence-corrected chi connectivity index (χ3v) is 7.99. The minimum Gasteiger partial charge on any atom is -0.367 e. The highest BCUT2D eigenvalue weighted by molar-refractivity contribution is 7.94. The van der Waals surface area contributed by atoms with Gasteiger partial charge in [0.25, 0.3) is 10.1 Å². The number of sulfone groups is 1. The van der Waals surface area contributed by atoms with Crippen LogP contribution in [0.2, 0.25) is 0 Å². The summed E-state index contributed by atoms with van der Waals surface area (Å²) in [6, 6.07) is 7.81. The molecule has 13 heteroatoms. The van der Waals surface area contributed by atoms with Gasteiger partial charge in [0.2, 0.25) is 0 Å². The van der Waals surface area contributed by atoms with Crippen molar-refractivity contribution in [2.24, 2.45) is 10.2 Å². The molecule has 1 heterocycles. The van der Waals surface area contributed by atoms with Crippen molar-refractivity contribution in [3.8, 4) is 6.07 Å². The summed E-state index contributed by atoms with van der Waals surface area (Å²) < 4.78 is 56.6. The highest BCUT2D eigenvalue weighted by Crippen LogP contribution is 2.36. The lowest BCUT2D eigenvalue weighted by Gasteiger charge is -2.25. The topological polar surface area (TPSA) is 174 Å². The van der Waals surface area contributed by atoms with Crippen LogP contribution >= 0.6 is 0 Å². The normalized spacial score (nSPS) is 14.9. The maximum atomic E-state index is 11.9. The Labute approximate surface area is 211 Å². The number of azo groups is 1. The largest absolute Gasteiger partial charge is 0.367 e. The average molecular weight is 533 g/mol. The molecule has 3 rings (SSSR count). The van der Waals surface area contributed by atoms with E-state index in [-0.39, 0.29) is 41.1 Å². The Morgan fingerprint density at radius 2 is 1.86 bits per heavy atom. The fraction of sp³-hybridized carbons (Fsp3) is 0.391. The predicted octanol–water partition coefficient (Wildman–Crippen LogP) is 4.64. The van der Waals surface area contributed by atoms with Crippen LogP contribution in [-0.4, -0.2) is 44.7 Å². The first kappa shape index (κ1) is 27.3. The van der Waals surface area contributed by atoms with E-state index in [1.807, 2.05) is 0 Å². The third-order valence-electron chi connectivity index (χ3n) is 5.81. The number of benzene rings is 1. The molecule has 1 aliphatic carbocycles. The molecule has 0 aliphatic heterocycles. The highest BCUT2D eigenvalue weighted by atomic mass is 32.2. The molecule has 1 aliphatic rings. The number of pyridine rings is 1. The van der Waals surface area contributed by atoms with Gasteiger partial charge in [0.05, 0.1) is 11.3 Å². The second-order valence-corrected chi connectivity index (χ2v) is 11.8. The maximum absolute atomic E-state index is 11.9. The van der Waals surface area contributed by atoms with Gasteiger partial charge < -0.3 is 10.6 Å². The number of hydrogen-bond acceptors (Lipinski definition) is 10. The molecule has 1 aromatic heterocycles. The van der Waals surface area contributed by atoms with Crippen LogP contribution in [-0.2, 0) is 20.0 Å². The Morgan fingerprint density at radius 3 is 2.50 bits per heavy atom. The lowest BCUT2D eigenvalue weighted by atomic mass is 9.95. The van der Waals surface area contributed by atoms with Crippen molar-refractivity contribution >= 4 is 43.0 Å². The first-order chi connectivity index (χ1) is 17.1. The van der Waals surface area contributed by atoms with Crippen molar-refractivity contribution in [2.45, 2.75) is 50.0 Å². The van der Waals surface area contributed by atoms with Gasteiger partial charge in [0.1, 0.15) is 28.2 Å². The molecule has 1 fully saturated rings. The van der Waals surface area contributed by atoms with Crippen molar-refractivity contribution in [2.75, 3.05) is 22.9 Å². The van der Waals surface area contributed by atoms with E-state index in [0.29, 0.717) is 11.4 Å². The number of hydrogen-bond donors (Lipinski definition) is 3. The van der Waals surface area contributed by atoms with Gasteiger partial charge in [-0.1, -0.05) is 38.0 Å². The second-order valence-electron chi connectivity index (χ2n) is 8.35. The summed E-state index contributed by atoms with van der Waals surface area (Å²) in [4.78, 5) is 4.11. The molecule has 0 atom stereocenters. The minimum absolute atomic E-state index is 0.0142. The van der Waals surface area contributed by atoms with Crippen LogP contribution in [0.25, 0.3) is 0 Å². The fourth-order valence-electron chi connectivity index (χ4n) is 3.88. The van der Waals surface area contributed by atoms with Crippen LogP contribution in [0.5, 0.6) is 0 Å². The van der Waals surface area contributed by atoms with Crippen LogP contribution in [0.3, 0.4) is 0 Å². The number of aromatic nitrogens is 1. The minimum atomic E-state index is -4.55. The number of nitrogens with zero attached hydrogens (tertiary/aromatic N) is 4. The molecule has 0 amide bonds. The zero-order chi connectivity index (χ0) is 26.3. The number of nitriles is 1. The monoisotopic (exact) mass is 532 g/mol. The van der Waals surface area contributed by atoms with Gasteiger partial charge in [-0.15, -0.1) is 10.2 Å². The van der Waals surface area contributed by atoms with Crippen LogP contribution in [0.15, 0.2) is 51.4 Å². The second kappa shape index (κ2) is 11.6. The summed E-state index contributed by atoms with van der Waals surface area (Å²) in [6.45, 7) is 4.94. The van der Waals surface area contributed by atoms with E-state index >= 15 is 0 Å². The number of rotatable bonds is 10. The number of anilines is 2. The predicted molar refractivity (Wildman–Crippen MR) is 137 cm³/mol. The van der Waals surface area contributed by atoms with E-state index in [2.05, 4.69) is 38.5 Å². The fourth-order valence-corrected chi connectivity index (χ4v) is 5.06. The van der Waals surface area contributed by atoms with E-state index in [9.17, 15) is 26.7 Å². The van der Waals surface area contributed by atoms with Crippen molar-refractivity contribution in [1.82, 2.24) is 4.98 Å². The van der Waals surface area contributed by atoms with Gasteiger partial charge in [-0.3, -0.25) is 4.55 Å². The molecule has 0 spiro atoms. The molecule has 0 radical (unpaired) electrons. The van der Waals surface area contributed by atoms with Crippen LogP contribution < -0.4 is 10.6 Å². The van der Waals surface area contributed by atoms with E-state index in [1.54, 1.807) is 6.92 Å². The molecular weight excluding hydrogens is 504 g/mol. The van der Waals surface area contributed by atoms with Gasteiger partial charge in [-0.25, -0.2) is 13.4 Å². The van der Waals surface area contributed by atoms with E-state index in [4.69, 9.17) is 0 Å². The Hall–Kier alpha value is -3.34. The Morgan fingerprint density at radius 1 is 1.17 bits per heavy atom. The molecule has 36 heavy (non-hydrogen) atoms. The zero-order valence-electron chi connectivity index (χ0n) is 19.8. The SMILES string of the molecule is C=CS(=O)(=O)CCNc1nc(NC2CCCCC2)c(C#N)c(C)c1N=Nc1ccccc1S(=O)(=O)O. The Kier molecular flexibility index (Phi) is 8.78. The number of nitrogens with one attached hydrogen (secondary N) is 2. The van der Waals surface area contributed by atoms with E-state index in [1.165, 1.54) is 24.3 Å². The molecule has 1 aromatic carbocycles. The summed E-state index contributed by atoms with van der Waals surface area (Å²) in [7, 11) is -8.03. The zero-order valence-corrected chi connectivity index (χ0v) is 21.4. The molecular formula is C23H28N6O5S2. The Balaban J connectivity index is 2.06. The van der Waals surface area contributed by atoms with Crippen molar-refractivity contribution in [3.63, 3.8) is 0 Å². The van der Waals surface area contributed by atoms with Crippen molar-refractivity contribution in [1.29, 1.82) is 5.26 Å². The summed E-state index contributed by atoms with van der Waals surface area (Å²) in [5.74, 6) is 0.288. The average Bonchev–Trinajstić information content (AvgIpc) is 2.84. The molecule has 11 nitrogen and oxygen atoms in total. The maximum Gasteiger partial charge on any atom is 0.296 e. The molecule has 2 aromatic rings. The van der Waals surface area contributed by atoms with Crippen LogP contribution in [0, 0.1) is 18.3 Å². The van der Waals surface area contributed by atoms with Gasteiger partial charge >= 0.3 is 0 Å². The molecule has 0 unspecified atom stereocenters. The van der Waals surface area contributed by atoms with Crippen LogP contribution in [0.1, 0.15) is 43.2 Å².